The fraction of sp³-hybridized carbons (Fsp3) is 0.0714. The lowest BCUT2D eigenvalue weighted by Gasteiger charge is -2.23. The largest absolute Gasteiger partial charge is 0.293 e. The van der Waals surface area contributed by atoms with Gasteiger partial charge in [-0.3, -0.25) is 24.6 Å². The number of nitrogens with one attached hydrogen (secondary N) is 1. The van der Waals surface area contributed by atoms with Crippen molar-refractivity contribution in [2.24, 2.45) is 5.84 Å². The van der Waals surface area contributed by atoms with E-state index in [1.165, 1.54) is 12.1 Å². The molecule has 0 spiro atoms. The molecule has 12 heteroatoms. The van der Waals surface area contributed by atoms with Gasteiger partial charge in [0.2, 0.25) is 0 Å². The number of anilines is 1. The molecule has 0 fully saturated rings. The first-order chi connectivity index (χ1) is 12.2. The number of halogens is 2. The van der Waals surface area contributed by atoms with Crippen LogP contribution in [-0.4, -0.2) is 25.8 Å². The Bertz CT molecular complexity index is 970. The maximum absolute atomic E-state index is 13.4. The van der Waals surface area contributed by atoms with Crippen LogP contribution in [0.5, 0.6) is 0 Å². The minimum atomic E-state index is -4.57. The number of nitro groups is 1. The molecule has 0 saturated heterocycles. The van der Waals surface area contributed by atoms with Crippen LogP contribution >= 0.6 is 11.6 Å². The first-order valence-corrected chi connectivity index (χ1v) is 8.71. The van der Waals surface area contributed by atoms with Crippen LogP contribution in [0.2, 0.25) is 5.02 Å². The monoisotopic (exact) mass is 402 g/mol. The molecule has 2 aromatic rings. The number of nitro benzene ring substituents is 1. The smallest absolute Gasteiger partial charge is 0.289 e. The SMILES string of the molecule is NNC(=O)CN(c1ccc(F)c(Cl)c1)S(=O)(=O)c1ccccc1[N+](=O)[O-]. The van der Waals surface area contributed by atoms with Gasteiger partial charge in [-0.2, -0.15) is 0 Å². The summed E-state index contributed by atoms with van der Waals surface area (Å²) in [6.45, 7) is -0.799. The minimum absolute atomic E-state index is 0.168. The zero-order valence-electron chi connectivity index (χ0n) is 12.9. The number of para-hydroxylation sites is 1. The van der Waals surface area contributed by atoms with Crippen LogP contribution in [-0.2, 0) is 14.8 Å². The van der Waals surface area contributed by atoms with E-state index in [1.54, 1.807) is 5.43 Å². The van der Waals surface area contributed by atoms with Crippen LogP contribution in [0.4, 0.5) is 15.8 Å². The fourth-order valence-corrected chi connectivity index (χ4v) is 3.82. The van der Waals surface area contributed by atoms with Crippen LogP contribution in [0.1, 0.15) is 0 Å². The third kappa shape index (κ3) is 3.90. The van der Waals surface area contributed by atoms with Crippen LogP contribution in [0.15, 0.2) is 47.4 Å². The van der Waals surface area contributed by atoms with Crippen molar-refractivity contribution < 1.29 is 22.5 Å². The number of benzene rings is 2. The number of carbonyl (C=O) groups excluding carboxylic acids is 1. The highest BCUT2D eigenvalue weighted by Crippen LogP contribution is 2.31. The number of amides is 1. The van der Waals surface area contributed by atoms with Gasteiger partial charge >= 0.3 is 0 Å². The van der Waals surface area contributed by atoms with Crippen molar-refractivity contribution in [3.05, 3.63) is 63.4 Å². The molecule has 3 N–H and O–H groups in total. The molecule has 0 aliphatic rings. The summed E-state index contributed by atoms with van der Waals surface area (Å²) < 4.78 is 39.9. The summed E-state index contributed by atoms with van der Waals surface area (Å²) >= 11 is 5.68. The second-order valence-corrected chi connectivity index (χ2v) is 7.14. The Kier molecular flexibility index (Phi) is 5.75. The molecule has 26 heavy (non-hydrogen) atoms. The van der Waals surface area contributed by atoms with Crippen LogP contribution in [0.25, 0.3) is 0 Å². The van der Waals surface area contributed by atoms with Gasteiger partial charge in [-0.1, -0.05) is 23.7 Å². The van der Waals surface area contributed by atoms with E-state index in [0.717, 1.165) is 30.3 Å². The summed E-state index contributed by atoms with van der Waals surface area (Å²) in [6, 6.07) is 7.56. The highest BCUT2D eigenvalue weighted by Gasteiger charge is 2.33. The molecule has 138 valence electrons. The highest BCUT2D eigenvalue weighted by molar-refractivity contribution is 7.93. The van der Waals surface area contributed by atoms with Crippen molar-refractivity contribution in [3.8, 4) is 0 Å². The van der Waals surface area contributed by atoms with E-state index in [1.807, 2.05) is 0 Å². The standard InChI is InChI=1S/C14H12ClFN4O5S/c15-10-7-9(5-6-11(10)16)19(8-14(21)18-17)26(24,25)13-4-2-1-3-12(13)20(22)23/h1-7H,8,17H2,(H,18,21). The predicted molar refractivity (Wildman–Crippen MR) is 91.4 cm³/mol. The number of hydrogen-bond donors (Lipinski definition) is 2. The van der Waals surface area contributed by atoms with Crippen molar-refractivity contribution in [2.45, 2.75) is 4.90 Å². The normalized spacial score (nSPS) is 11.0. The van der Waals surface area contributed by atoms with E-state index in [0.29, 0.717) is 4.31 Å². The highest BCUT2D eigenvalue weighted by atomic mass is 35.5. The number of nitrogens with zero attached hydrogens (tertiary/aromatic N) is 2. The maximum Gasteiger partial charge on any atom is 0.289 e. The second-order valence-electron chi connectivity index (χ2n) is 4.90. The van der Waals surface area contributed by atoms with Gasteiger partial charge in [0.25, 0.3) is 21.6 Å². The van der Waals surface area contributed by atoms with E-state index in [2.05, 4.69) is 0 Å². The van der Waals surface area contributed by atoms with Crippen molar-refractivity contribution >= 4 is 38.9 Å². The molecule has 0 aromatic heterocycles. The fourth-order valence-electron chi connectivity index (χ4n) is 2.08. The summed E-state index contributed by atoms with van der Waals surface area (Å²) in [5.41, 5.74) is 0.916. The summed E-state index contributed by atoms with van der Waals surface area (Å²) in [5, 5.41) is 10.8. The molecule has 2 aromatic carbocycles. The number of sulfonamides is 1. The van der Waals surface area contributed by atoms with Crippen LogP contribution < -0.4 is 15.6 Å². The van der Waals surface area contributed by atoms with E-state index in [-0.39, 0.29) is 5.69 Å². The Morgan fingerprint density at radius 3 is 2.54 bits per heavy atom. The number of carbonyl (C=O) groups is 1. The Morgan fingerprint density at radius 1 is 1.31 bits per heavy atom. The Morgan fingerprint density at radius 2 is 1.96 bits per heavy atom. The zero-order chi connectivity index (χ0) is 19.5. The van der Waals surface area contributed by atoms with Crippen molar-refractivity contribution in [3.63, 3.8) is 0 Å². The van der Waals surface area contributed by atoms with Gasteiger partial charge in [-0.15, -0.1) is 0 Å². The van der Waals surface area contributed by atoms with Gasteiger partial charge < -0.3 is 0 Å². The number of nitrogens with two attached hydrogens (primary N) is 1. The summed E-state index contributed by atoms with van der Waals surface area (Å²) in [5.74, 6) is 3.30. The Balaban J connectivity index is 2.66. The van der Waals surface area contributed by atoms with Crippen molar-refractivity contribution in [2.75, 3.05) is 10.8 Å². The first kappa shape index (κ1) is 19.6. The molecule has 0 bridgehead atoms. The molecule has 0 aliphatic heterocycles. The molecule has 0 atom stereocenters. The Hall–Kier alpha value is -2.76. The molecule has 0 saturated carbocycles. The quantitative estimate of drug-likeness (QED) is 0.326. The molecule has 0 unspecified atom stereocenters. The number of hydrazine groups is 1. The minimum Gasteiger partial charge on any atom is -0.293 e. The van der Waals surface area contributed by atoms with Gasteiger partial charge in [-0.25, -0.2) is 18.7 Å². The zero-order valence-corrected chi connectivity index (χ0v) is 14.5. The van der Waals surface area contributed by atoms with Crippen LogP contribution in [0.3, 0.4) is 0 Å². The van der Waals surface area contributed by atoms with E-state index >= 15 is 0 Å². The van der Waals surface area contributed by atoms with Gasteiger partial charge in [0.05, 0.1) is 15.6 Å². The molecule has 2 rings (SSSR count). The maximum atomic E-state index is 13.4. The number of hydrogen-bond acceptors (Lipinski definition) is 6. The summed E-state index contributed by atoms with van der Waals surface area (Å²) in [7, 11) is -4.57. The average molecular weight is 403 g/mol. The second kappa shape index (κ2) is 7.64. The number of rotatable bonds is 6. The molecule has 0 radical (unpaired) electrons. The van der Waals surface area contributed by atoms with E-state index < -0.39 is 48.8 Å². The molecule has 0 aliphatic carbocycles. The Labute approximate surface area is 152 Å². The summed E-state index contributed by atoms with van der Waals surface area (Å²) in [4.78, 5) is 21.3. The third-order valence-electron chi connectivity index (χ3n) is 3.27. The third-order valence-corrected chi connectivity index (χ3v) is 5.38. The van der Waals surface area contributed by atoms with Gasteiger partial charge in [0.15, 0.2) is 4.90 Å². The van der Waals surface area contributed by atoms with Crippen LogP contribution in [0, 0.1) is 15.9 Å². The molecule has 1 amide bonds. The molecular formula is C14H12ClFN4O5S. The topological polar surface area (TPSA) is 136 Å². The van der Waals surface area contributed by atoms with Gasteiger partial charge in [-0.05, 0) is 24.3 Å². The lowest BCUT2D eigenvalue weighted by Crippen LogP contribution is -2.43. The van der Waals surface area contributed by atoms with Crippen molar-refractivity contribution in [1.29, 1.82) is 0 Å². The molecular weight excluding hydrogens is 391 g/mol. The lowest BCUT2D eigenvalue weighted by atomic mass is 10.3. The van der Waals surface area contributed by atoms with Gasteiger partial charge in [0.1, 0.15) is 12.4 Å². The van der Waals surface area contributed by atoms with Crippen molar-refractivity contribution in [1.82, 2.24) is 5.43 Å². The summed E-state index contributed by atoms with van der Waals surface area (Å²) in [6.07, 6.45) is 0. The molecule has 0 heterocycles. The first-order valence-electron chi connectivity index (χ1n) is 6.89. The predicted octanol–water partition coefficient (Wildman–Crippen LogP) is 1.57. The lowest BCUT2D eigenvalue weighted by molar-refractivity contribution is -0.387. The van der Waals surface area contributed by atoms with E-state index in [9.17, 15) is 27.7 Å². The molecule has 9 nitrogen and oxygen atoms in total. The average Bonchev–Trinajstić information content (AvgIpc) is 2.61. The van der Waals surface area contributed by atoms with E-state index in [4.69, 9.17) is 17.4 Å². The van der Waals surface area contributed by atoms with Gasteiger partial charge in [0, 0.05) is 6.07 Å².